The monoisotopic (exact) mass is 371 g/mol. The van der Waals surface area contributed by atoms with Crippen molar-refractivity contribution in [1.82, 2.24) is 20.2 Å². The van der Waals surface area contributed by atoms with E-state index in [0.29, 0.717) is 31.4 Å². The van der Waals surface area contributed by atoms with E-state index in [1.807, 2.05) is 0 Å². The predicted molar refractivity (Wildman–Crippen MR) is 93.5 cm³/mol. The van der Waals surface area contributed by atoms with Gasteiger partial charge in [0.05, 0.1) is 17.1 Å². The van der Waals surface area contributed by atoms with E-state index >= 15 is 0 Å². The minimum Gasteiger partial charge on any atom is -0.381 e. The molecule has 1 aromatic heterocycles. The second kappa shape index (κ2) is 7.20. The predicted octanol–water partition coefficient (Wildman–Crippen LogP) is 1.25. The zero-order valence-corrected chi connectivity index (χ0v) is 15.8. The summed E-state index contributed by atoms with van der Waals surface area (Å²) < 4.78 is 29.6. The van der Waals surface area contributed by atoms with Gasteiger partial charge in [0, 0.05) is 7.11 Å². The van der Waals surface area contributed by atoms with Crippen molar-refractivity contribution in [2.75, 3.05) is 12.4 Å². The van der Waals surface area contributed by atoms with Gasteiger partial charge in [0.25, 0.3) is 5.95 Å². The van der Waals surface area contributed by atoms with Gasteiger partial charge in [-0.05, 0) is 51.7 Å². The van der Waals surface area contributed by atoms with Crippen molar-refractivity contribution in [3.05, 3.63) is 6.58 Å². The lowest BCUT2D eigenvalue weighted by molar-refractivity contribution is -0.117. The summed E-state index contributed by atoms with van der Waals surface area (Å²) in [7, 11) is -2.06. The molecule has 1 aromatic rings. The van der Waals surface area contributed by atoms with Crippen LogP contribution in [0, 0.1) is 0 Å². The fourth-order valence-electron chi connectivity index (χ4n) is 2.80. The maximum absolute atomic E-state index is 13.0. The number of hydrogen-bond donors (Lipinski definition) is 1. The third-order valence-electron chi connectivity index (χ3n) is 4.63. The van der Waals surface area contributed by atoms with Crippen LogP contribution >= 0.6 is 0 Å². The highest BCUT2D eigenvalue weighted by molar-refractivity contribution is 7.94. The Labute approximate surface area is 147 Å². The number of methoxy groups -OCH3 is 1. The Morgan fingerprint density at radius 2 is 1.92 bits per heavy atom. The molecule has 1 heterocycles. The molecule has 1 fully saturated rings. The molecule has 0 aliphatic heterocycles. The summed E-state index contributed by atoms with van der Waals surface area (Å²) in [5, 5.41) is 13.2. The van der Waals surface area contributed by atoms with E-state index in [1.54, 1.807) is 14.0 Å². The molecule has 0 saturated heterocycles. The highest BCUT2D eigenvalue weighted by Crippen LogP contribution is 2.32. The van der Waals surface area contributed by atoms with Gasteiger partial charge in [-0.3, -0.25) is 10.1 Å². The molecular formula is C15H25N5O4S. The molecular weight excluding hydrogens is 346 g/mol. The number of nitrogens with one attached hydrogen (secondary N) is 1. The van der Waals surface area contributed by atoms with Crippen LogP contribution in [0.2, 0.25) is 0 Å². The molecule has 0 unspecified atom stereocenters. The molecule has 1 saturated carbocycles. The van der Waals surface area contributed by atoms with Crippen molar-refractivity contribution >= 4 is 27.4 Å². The average Bonchev–Trinajstić information content (AvgIpc) is 3.03. The molecule has 0 spiro atoms. The van der Waals surface area contributed by atoms with Crippen LogP contribution in [0.1, 0.15) is 46.5 Å². The lowest BCUT2D eigenvalue weighted by Gasteiger charge is -2.33. The minimum atomic E-state index is -3.69. The van der Waals surface area contributed by atoms with Crippen molar-refractivity contribution in [2.24, 2.45) is 0 Å². The number of carbonyl (C=O) groups excluding carboxylic acids is 1. The number of tetrazole rings is 1. The maximum atomic E-state index is 13.0. The number of aromatic nitrogens is 4. The van der Waals surface area contributed by atoms with Crippen LogP contribution in [-0.2, 0) is 19.4 Å². The van der Waals surface area contributed by atoms with E-state index in [4.69, 9.17) is 4.74 Å². The molecule has 0 aromatic carbocycles. The standard InChI is InChI=1S/C15H25N5O4S/c1-10(2)20-18-14(17-19-20)16-13(21)15(3,4)25(22,23)12-8-6-11(24-5)7-9-12/h11-12H,1,6-9H2,2-5H3,(H,16,18,21)/t11-,12+. The summed E-state index contributed by atoms with van der Waals surface area (Å²) in [5.41, 5.74) is 0.523. The molecule has 1 aliphatic rings. The van der Waals surface area contributed by atoms with Crippen LogP contribution in [-0.4, -0.2) is 57.7 Å². The number of amides is 1. The molecule has 25 heavy (non-hydrogen) atoms. The smallest absolute Gasteiger partial charge is 0.270 e. The van der Waals surface area contributed by atoms with Gasteiger partial charge in [0.1, 0.15) is 4.75 Å². The quantitative estimate of drug-likeness (QED) is 0.800. The van der Waals surface area contributed by atoms with Crippen LogP contribution in [0.3, 0.4) is 0 Å². The number of anilines is 1. The van der Waals surface area contributed by atoms with E-state index in [-0.39, 0.29) is 12.1 Å². The van der Waals surface area contributed by atoms with E-state index in [0.717, 1.165) is 4.80 Å². The molecule has 9 nitrogen and oxygen atoms in total. The first kappa shape index (κ1) is 19.5. The topological polar surface area (TPSA) is 116 Å². The van der Waals surface area contributed by atoms with Crippen LogP contribution in [0.4, 0.5) is 5.95 Å². The molecule has 1 N–H and O–H groups in total. The number of allylic oxidation sites excluding steroid dienone is 1. The first-order valence-electron chi connectivity index (χ1n) is 8.13. The summed E-state index contributed by atoms with van der Waals surface area (Å²) in [4.78, 5) is 13.7. The zero-order chi connectivity index (χ0) is 18.8. The first-order chi connectivity index (χ1) is 11.6. The molecule has 10 heteroatoms. The summed E-state index contributed by atoms with van der Waals surface area (Å²) >= 11 is 0. The fourth-order valence-corrected chi connectivity index (χ4v) is 4.84. The van der Waals surface area contributed by atoms with Gasteiger partial charge in [0.2, 0.25) is 5.91 Å². The third-order valence-corrected chi connectivity index (χ3v) is 7.59. The van der Waals surface area contributed by atoms with Gasteiger partial charge >= 0.3 is 0 Å². The van der Waals surface area contributed by atoms with Gasteiger partial charge in [-0.25, -0.2) is 8.42 Å². The minimum absolute atomic E-state index is 0.0561. The molecule has 1 amide bonds. The van der Waals surface area contributed by atoms with E-state index in [1.165, 1.54) is 13.8 Å². The van der Waals surface area contributed by atoms with Gasteiger partial charge < -0.3 is 4.74 Å². The Balaban J connectivity index is 2.12. The highest BCUT2D eigenvalue weighted by Gasteiger charge is 2.47. The normalized spacial score (nSPS) is 21.8. The second-order valence-electron chi connectivity index (χ2n) is 6.78. The van der Waals surface area contributed by atoms with Crippen LogP contribution in [0.5, 0.6) is 0 Å². The molecule has 0 bridgehead atoms. The Morgan fingerprint density at radius 3 is 2.40 bits per heavy atom. The Hall–Kier alpha value is -1.81. The van der Waals surface area contributed by atoms with Gasteiger partial charge in [-0.2, -0.15) is 0 Å². The van der Waals surface area contributed by atoms with Crippen LogP contribution in [0.15, 0.2) is 6.58 Å². The van der Waals surface area contributed by atoms with E-state index in [9.17, 15) is 13.2 Å². The molecule has 0 radical (unpaired) electrons. The lowest BCUT2D eigenvalue weighted by Crippen LogP contribution is -2.50. The van der Waals surface area contributed by atoms with E-state index in [2.05, 4.69) is 27.3 Å². The zero-order valence-electron chi connectivity index (χ0n) is 15.0. The van der Waals surface area contributed by atoms with E-state index < -0.39 is 25.7 Å². The van der Waals surface area contributed by atoms with Crippen LogP contribution < -0.4 is 5.32 Å². The fraction of sp³-hybridized carbons (Fsp3) is 0.733. The Kier molecular flexibility index (Phi) is 5.62. The summed E-state index contributed by atoms with van der Waals surface area (Å²) in [5.74, 6) is -0.734. The van der Waals surface area contributed by atoms with Gasteiger partial charge in [0.15, 0.2) is 9.84 Å². The number of carbonyl (C=O) groups is 1. The Bertz CT molecular complexity index is 748. The number of nitrogens with zero attached hydrogens (tertiary/aromatic N) is 4. The lowest BCUT2D eigenvalue weighted by atomic mass is 9.97. The Morgan fingerprint density at radius 1 is 1.32 bits per heavy atom. The van der Waals surface area contributed by atoms with Crippen molar-refractivity contribution in [3.8, 4) is 0 Å². The molecule has 1 aliphatic carbocycles. The summed E-state index contributed by atoms with van der Waals surface area (Å²) in [6.07, 6.45) is 2.41. The van der Waals surface area contributed by atoms with Crippen molar-refractivity contribution in [3.63, 3.8) is 0 Å². The SMILES string of the molecule is C=C(C)n1nnc(NC(=O)C(C)(C)S(=O)(=O)[C@H]2CC[C@@H](OC)CC2)n1. The summed E-state index contributed by atoms with van der Waals surface area (Å²) in [6, 6.07) is 0. The molecule has 2 rings (SSSR count). The van der Waals surface area contributed by atoms with Crippen molar-refractivity contribution in [2.45, 2.75) is 62.6 Å². The molecule has 140 valence electrons. The average molecular weight is 371 g/mol. The van der Waals surface area contributed by atoms with Crippen molar-refractivity contribution < 1.29 is 17.9 Å². The van der Waals surface area contributed by atoms with Crippen LogP contribution in [0.25, 0.3) is 5.70 Å². The highest BCUT2D eigenvalue weighted by atomic mass is 32.2. The number of sulfone groups is 1. The van der Waals surface area contributed by atoms with Gasteiger partial charge in [-0.1, -0.05) is 11.7 Å². The summed E-state index contributed by atoms with van der Waals surface area (Å²) in [6.45, 7) is 8.15. The number of ether oxygens (including phenoxy) is 1. The van der Waals surface area contributed by atoms with Gasteiger partial charge in [-0.15, -0.1) is 9.90 Å². The molecule has 0 atom stereocenters. The largest absolute Gasteiger partial charge is 0.381 e. The van der Waals surface area contributed by atoms with Crippen molar-refractivity contribution in [1.29, 1.82) is 0 Å². The maximum Gasteiger partial charge on any atom is 0.270 e. The first-order valence-corrected chi connectivity index (χ1v) is 9.67. The third kappa shape index (κ3) is 3.90. The second-order valence-corrected chi connectivity index (χ2v) is 9.56. The number of hydrogen-bond acceptors (Lipinski definition) is 7. The number of rotatable bonds is 6.